The average Bonchev–Trinajstić information content (AvgIpc) is 3.28. The van der Waals surface area contributed by atoms with Gasteiger partial charge in [-0.15, -0.1) is 0 Å². The SMILES string of the molecule is CC(C)[C@@H]1C=C(O[Si](C)(C)C(C)(C)C)CC(=O)CC1[C@H]1O[C@@H]1[Si](C)(C)C(C)(C)C. The number of carbonyl (C=O) groups is 1. The van der Waals surface area contributed by atoms with Crippen LogP contribution in [-0.4, -0.2) is 34.0 Å². The van der Waals surface area contributed by atoms with Gasteiger partial charge in [0.2, 0.25) is 8.32 Å². The molecule has 1 aliphatic heterocycles. The lowest BCUT2D eigenvalue weighted by atomic mass is 9.79. The first-order valence-corrected chi connectivity index (χ1v) is 17.4. The maximum Gasteiger partial charge on any atom is 0.250 e. The van der Waals surface area contributed by atoms with Crippen molar-refractivity contribution in [3.8, 4) is 0 Å². The summed E-state index contributed by atoms with van der Waals surface area (Å²) in [4.78, 5) is 12.9. The molecule has 5 heteroatoms. The summed E-state index contributed by atoms with van der Waals surface area (Å²) in [6.45, 7) is 27.8. The predicted octanol–water partition coefficient (Wildman–Crippen LogP) is 6.96. The van der Waals surface area contributed by atoms with Gasteiger partial charge in [0.15, 0.2) is 0 Å². The van der Waals surface area contributed by atoms with Gasteiger partial charge in [-0.3, -0.25) is 4.79 Å². The van der Waals surface area contributed by atoms with Gasteiger partial charge in [0, 0.05) is 12.3 Å². The first-order valence-electron chi connectivity index (χ1n) is 11.5. The van der Waals surface area contributed by atoms with Crippen molar-refractivity contribution >= 4 is 22.2 Å². The van der Waals surface area contributed by atoms with Crippen LogP contribution < -0.4 is 0 Å². The average molecular weight is 439 g/mol. The Bertz CT molecular complexity index is 650. The van der Waals surface area contributed by atoms with Crippen LogP contribution in [0.1, 0.15) is 68.2 Å². The molecule has 1 fully saturated rings. The fraction of sp³-hybridized carbons (Fsp3) is 0.875. The van der Waals surface area contributed by atoms with Crippen molar-refractivity contribution in [1.82, 2.24) is 0 Å². The van der Waals surface area contributed by atoms with E-state index in [1.165, 1.54) is 0 Å². The zero-order chi connectivity index (χ0) is 22.6. The Kier molecular flexibility index (Phi) is 6.81. The maximum atomic E-state index is 12.9. The standard InChI is InChI=1S/C24H46O3Si2/c1-16(2)19-15-18(27-29(11,12)24(6,7)8)13-17(25)14-20(19)21-22(26-21)28(9,10)23(3,4)5/h15-16,19-22H,13-14H2,1-12H3/t19-,20?,21+,22+/m0/s1. The summed E-state index contributed by atoms with van der Waals surface area (Å²) in [6, 6.07) is 0. The van der Waals surface area contributed by atoms with Gasteiger partial charge in [-0.2, -0.15) is 0 Å². The molecule has 0 bridgehead atoms. The monoisotopic (exact) mass is 438 g/mol. The highest BCUT2D eigenvalue weighted by Gasteiger charge is 2.59. The Morgan fingerprint density at radius 1 is 1.03 bits per heavy atom. The van der Waals surface area contributed by atoms with Crippen LogP contribution in [0.5, 0.6) is 0 Å². The summed E-state index contributed by atoms with van der Waals surface area (Å²) in [6.07, 6.45) is 3.62. The van der Waals surface area contributed by atoms with E-state index >= 15 is 0 Å². The molecule has 0 N–H and O–H groups in total. The number of ketones is 1. The second-order valence-electron chi connectivity index (χ2n) is 12.9. The molecule has 1 saturated heterocycles. The Balaban J connectivity index is 2.30. The summed E-state index contributed by atoms with van der Waals surface area (Å²) >= 11 is 0. The number of hydrogen-bond acceptors (Lipinski definition) is 3. The van der Waals surface area contributed by atoms with Crippen LogP contribution in [-0.2, 0) is 14.0 Å². The molecule has 1 unspecified atom stereocenters. The number of ether oxygens (including phenoxy) is 1. The van der Waals surface area contributed by atoms with Crippen molar-refractivity contribution in [2.24, 2.45) is 17.8 Å². The van der Waals surface area contributed by atoms with Gasteiger partial charge in [-0.25, -0.2) is 0 Å². The summed E-state index contributed by atoms with van der Waals surface area (Å²) in [7, 11) is -3.54. The third-order valence-corrected chi connectivity index (χ3v) is 18.4. The van der Waals surface area contributed by atoms with Crippen LogP contribution in [0, 0.1) is 17.8 Å². The highest BCUT2D eigenvalue weighted by Crippen LogP contribution is 2.51. The van der Waals surface area contributed by atoms with Gasteiger partial charge in [0.1, 0.15) is 5.78 Å². The summed E-state index contributed by atoms with van der Waals surface area (Å²) < 4.78 is 13.0. The fourth-order valence-corrected chi connectivity index (χ4v) is 7.61. The Labute approximate surface area is 182 Å². The summed E-state index contributed by atoms with van der Waals surface area (Å²) in [5, 5.41) is 0.421. The Morgan fingerprint density at radius 3 is 2.03 bits per heavy atom. The minimum Gasteiger partial charge on any atom is -0.546 e. The van der Waals surface area contributed by atoms with Crippen molar-refractivity contribution in [2.45, 2.75) is 116 Å². The highest BCUT2D eigenvalue weighted by atomic mass is 28.4. The lowest BCUT2D eigenvalue weighted by Gasteiger charge is -2.37. The molecule has 3 nitrogen and oxygen atoms in total. The Hall–Kier alpha value is -0.396. The zero-order valence-corrected chi connectivity index (χ0v) is 23.1. The first-order chi connectivity index (χ1) is 12.9. The van der Waals surface area contributed by atoms with E-state index in [1.54, 1.807) is 0 Å². The fourth-order valence-electron chi connectivity index (χ4n) is 4.09. The van der Waals surface area contributed by atoms with Crippen molar-refractivity contribution in [2.75, 3.05) is 0 Å². The molecule has 0 radical (unpaired) electrons. The highest BCUT2D eigenvalue weighted by molar-refractivity contribution is 6.82. The number of carbonyl (C=O) groups excluding carboxylic acids is 1. The molecule has 0 aromatic rings. The van der Waals surface area contributed by atoms with E-state index in [-0.39, 0.29) is 17.1 Å². The van der Waals surface area contributed by atoms with Crippen LogP contribution in [0.25, 0.3) is 0 Å². The normalized spacial score (nSPS) is 29.6. The topological polar surface area (TPSA) is 38.8 Å². The van der Waals surface area contributed by atoms with Crippen LogP contribution in [0.4, 0.5) is 0 Å². The lowest BCUT2D eigenvalue weighted by Crippen LogP contribution is -2.45. The predicted molar refractivity (Wildman–Crippen MR) is 128 cm³/mol. The zero-order valence-electron chi connectivity index (χ0n) is 21.1. The molecule has 0 spiro atoms. The van der Waals surface area contributed by atoms with E-state index in [4.69, 9.17) is 9.16 Å². The van der Waals surface area contributed by atoms with E-state index in [0.717, 1.165) is 5.76 Å². The second-order valence-corrected chi connectivity index (χ2v) is 23.1. The lowest BCUT2D eigenvalue weighted by molar-refractivity contribution is -0.120. The number of Topliss-reactive ketones (excluding diaryl/α,β-unsaturated/α-hetero) is 1. The molecule has 4 atom stereocenters. The van der Waals surface area contributed by atoms with Crippen LogP contribution in [0.3, 0.4) is 0 Å². The third-order valence-electron chi connectivity index (χ3n) is 8.26. The van der Waals surface area contributed by atoms with Gasteiger partial charge in [0.25, 0.3) is 0 Å². The molecule has 0 saturated carbocycles. The molecule has 0 aromatic heterocycles. The van der Waals surface area contributed by atoms with Crippen molar-refractivity contribution < 1.29 is 14.0 Å². The van der Waals surface area contributed by atoms with Crippen molar-refractivity contribution in [1.29, 1.82) is 0 Å². The summed E-state index contributed by atoms with van der Waals surface area (Å²) in [5.41, 5.74) is 0.359. The van der Waals surface area contributed by atoms with Gasteiger partial charge in [-0.1, -0.05) is 68.5 Å². The van der Waals surface area contributed by atoms with E-state index in [2.05, 4.69) is 87.7 Å². The van der Waals surface area contributed by atoms with E-state index < -0.39 is 16.4 Å². The Morgan fingerprint density at radius 2 is 1.59 bits per heavy atom. The second kappa shape index (κ2) is 7.94. The molecule has 2 aliphatic rings. The molecule has 168 valence electrons. The molecule has 0 amide bonds. The summed E-state index contributed by atoms with van der Waals surface area (Å²) in [5.74, 6) is 2.32. The van der Waals surface area contributed by atoms with Crippen LogP contribution in [0.15, 0.2) is 11.8 Å². The number of hydrogen-bond donors (Lipinski definition) is 0. The molecule has 2 rings (SSSR count). The van der Waals surface area contributed by atoms with Gasteiger partial charge >= 0.3 is 0 Å². The van der Waals surface area contributed by atoms with Gasteiger partial charge in [-0.05, 0) is 41.1 Å². The van der Waals surface area contributed by atoms with E-state index in [0.29, 0.717) is 41.2 Å². The van der Waals surface area contributed by atoms with E-state index in [9.17, 15) is 4.79 Å². The number of allylic oxidation sites excluding steroid dienone is 2. The van der Waals surface area contributed by atoms with Crippen LogP contribution >= 0.6 is 0 Å². The third kappa shape index (κ3) is 5.27. The number of epoxide rings is 1. The maximum absolute atomic E-state index is 12.9. The van der Waals surface area contributed by atoms with Crippen LogP contribution in [0.2, 0.25) is 36.3 Å². The van der Waals surface area contributed by atoms with Gasteiger partial charge < -0.3 is 9.16 Å². The van der Waals surface area contributed by atoms with Crippen molar-refractivity contribution in [3.63, 3.8) is 0 Å². The van der Waals surface area contributed by atoms with E-state index in [1.807, 2.05) is 0 Å². The number of rotatable bonds is 5. The van der Waals surface area contributed by atoms with Crippen molar-refractivity contribution in [3.05, 3.63) is 11.8 Å². The minimum atomic E-state index is -1.96. The molecule has 1 aliphatic carbocycles. The minimum absolute atomic E-state index is 0.128. The van der Waals surface area contributed by atoms with Gasteiger partial charge in [0.05, 0.1) is 32.1 Å². The largest absolute Gasteiger partial charge is 0.546 e. The molecular weight excluding hydrogens is 392 g/mol. The molecule has 29 heavy (non-hydrogen) atoms. The first kappa shape index (κ1) is 24.9. The molecule has 1 heterocycles. The molecule has 0 aromatic carbocycles. The molecular formula is C24H46O3Si2. The quantitative estimate of drug-likeness (QED) is 0.344. The smallest absolute Gasteiger partial charge is 0.250 e.